The maximum Gasteiger partial charge on any atom is 0.177 e. The molecule has 3 aromatic heterocycles. The van der Waals surface area contributed by atoms with E-state index in [9.17, 15) is 10.5 Å². The van der Waals surface area contributed by atoms with E-state index in [1.165, 1.54) is 24.8 Å². The highest BCUT2D eigenvalue weighted by molar-refractivity contribution is 5.74. The van der Waals surface area contributed by atoms with Gasteiger partial charge in [-0.3, -0.25) is 0 Å². The standard InChI is InChI=1S/C16H4N10/c17-1-9-5-23-13(7-21-9)15-16(14-8-22-10(2-18)6-24-14)26-12(4-20)11(3-19)25-15/h5-8H. The lowest BCUT2D eigenvalue weighted by Gasteiger charge is -2.08. The van der Waals surface area contributed by atoms with Gasteiger partial charge in [0.2, 0.25) is 0 Å². The van der Waals surface area contributed by atoms with Crippen LogP contribution in [0.2, 0.25) is 0 Å². The summed E-state index contributed by atoms with van der Waals surface area (Å²) in [5.41, 5.74) is 0.620. The number of nitriles is 4. The number of hydrogen-bond acceptors (Lipinski definition) is 10. The van der Waals surface area contributed by atoms with Crippen LogP contribution in [0.1, 0.15) is 22.8 Å². The Balaban J connectivity index is 2.27. The van der Waals surface area contributed by atoms with Gasteiger partial charge in [0, 0.05) is 0 Å². The highest BCUT2D eigenvalue weighted by atomic mass is 14.9. The van der Waals surface area contributed by atoms with Gasteiger partial charge in [0.05, 0.1) is 24.8 Å². The van der Waals surface area contributed by atoms with E-state index in [0.717, 1.165) is 0 Å². The average Bonchev–Trinajstić information content (AvgIpc) is 2.73. The minimum Gasteiger partial charge on any atom is -0.250 e. The predicted octanol–water partition coefficient (Wildman–Crippen LogP) is 0.877. The number of aromatic nitrogens is 6. The Morgan fingerprint density at radius 1 is 0.538 bits per heavy atom. The molecule has 0 fully saturated rings. The molecule has 0 aliphatic carbocycles. The fraction of sp³-hybridized carbons (Fsp3) is 0. The molecule has 0 aliphatic heterocycles. The molecule has 0 amide bonds. The van der Waals surface area contributed by atoms with Crippen LogP contribution in [0.15, 0.2) is 24.8 Å². The molecule has 0 atom stereocenters. The monoisotopic (exact) mass is 336 g/mol. The Morgan fingerprint density at radius 2 is 0.962 bits per heavy atom. The fourth-order valence-corrected chi connectivity index (χ4v) is 1.96. The number of rotatable bonds is 2. The normalized spacial score (nSPS) is 9.38. The lowest BCUT2D eigenvalue weighted by Crippen LogP contribution is -2.04. The van der Waals surface area contributed by atoms with Crippen molar-refractivity contribution in [1.82, 2.24) is 29.9 Å². The Bertz CT molecular complexity index is 1060. The first kappa shape index (κ1) is 16.1. The molecule has 0 saturated carbocycles. The van der Waals surface area contributed by atoms with Crippen LogP contribution < -0.4 is 0 Å². The molecule has 0 saturated heterocycles. The van der Waals surface area contributed by atoms with Crippen molar-refractivity contribution >= 4 is 0 Å². The molecule has 0 spiro atoms. The zero-order valence-electron chi connectivity index (χ0n) is 12.8. The second kappa shape index (κ2) is 6.76. The molecule has 0 aromatic carbocycles. The maximum atomic E-state index is 9.19. The summed E-state index contributed by atoms with van der Waals surface area (Å²) in [6.45, 7) is 0. The van der Waals surface area contributed by atoms with Crippen LogP contribution >= 0.6 is 0 Å². The summed E-state index contributed by atoms with van der Waals surface area (Å²) in [7, 11) is 0. The first-order valence-electron chi connectivity index (χ1n) is 6.87. The maximum absolute atomic E-state index is 9.19. The SMILES string of the molecule is N#Cc1cnc(-c2nc(C#N)c(C#N)nc2-c2cnc(C#N)cn2)cn1. The van der Waals surface area contributed by atoms with Crippen LogP contribution in [0.4, 0.5) is 0 Å². The zero-order chi connectivity index (χ0) is 18.5. The molecule has 0 aliphatic rings. The molecule has 3 rings (SSSR count). The van der Waals surface area contributed by atoms with Gasteiger partial charge < -0.3 is 0 Å². The van der Waals surface area contributed by atoms with Crippen LogP contribution in [0.3, 0.4) is 0 Å². The molecule has 0 radical (unpaired) electrons. The van der Waals surface area contributed by atoms with E-state index in [0.29, 0.717) is 0 Å². The van der Waals surface area contributed by atoms with E-state index in [1.54, 1.807) is 12.1 Å². The first-order chi connectivity index (χ1) is 12.7. The van der Waals surface area contributed by atoms with Gasteiger partial charge in [-0.05, 0) is 0 Å². The summed E-state index contributed by atoms with van der Waals surface area (Å²) in [4.78, 5) is 24.3. The van der Waals surface area contributed by atoms with E-state index in [4.69, 9.17) is 10.5 Å². The molecule has 0 N–H and O–H groups in total. The van der Waals surface area contributed by atoms with Crippen molar-refractivity contribution in [3.05, 3.63) is 47.6 Å². The molecule has 10 nitrogen and oxygen atoms in total. The van der Waals surface area contributed by atoms with Crippen LogP contribution in [-0.2, 0) is 0 Å². The van der Waals surface area contributed by atoms with Crippen LogP contribution in [0, 0.1) is 45.3 Å². The first-order valence-corrected chi connectivity index (χ1v) is 6.87. The quantitative estimate of drug-likeness (QED) is 0.653. The molecular formula is C16H4N10. The van der Waals surface area contributed by atoms with Crippen molar-refractivity contribution < 1.29 is 0 Å². The van der Waals surface area contributed by atoms with Gasteiger partial charge in [-0.1, -0.05) is 0 Å². The van der Waals surface area contributed by atoms with Gasteiger partial charge in [0.25, 0.3) is 0 Å². The summed E-state index contributed by atoms with van der Waals surface area (Å²) < 4.78 is 0. The van der Waals surface area contributed by atoms with Crippen molar-refractivity contribution in [1.29, 1.82) is 21.0 Å². The van der Waals surface area contributed by atoms with Crippen LogP contribution in [0.5, 0.6) is 0 Å². The smallest absolute Gasteiger partial charge is 0.177 e. The van der Waals surface area contributed by atoms with Crippen LogP contribution in [-0.4, -0.2) is 29.9 Å². The van der Waals surface area contributed by atoms with Gasteiger partial charge in [0.15, 0.2) is 22.8 Å². The topological polar surface area (TPSA) is 172 Å². The third kappa shape index (κ3) is 2.85. The third-order valence-electron chi connectivity index (χ3n) is 3.13. The van der Waals surface area contributed by atoms with Crippen molar-refractivity contribution in [2.45, 2.75) is 0 Å². The van der Waals surface area contributed by atoms with Gasteiger partial charge in [0.1, 0.15) is 47.1 Å². The molecule has 10 heteroatoms. The number of hydrogen-bond donors (Lipinski definition) is 0. The summed E-state index contributed by atoms with van der Waals surface area (Å²) in [5, 5.41) is 36.0. The lowest BCUT2D eigenvalue weighted by molar-refractivity contribution is 1.08. The molecule has 0 unspecified atom stereocenters. The van der Waals surface area contributed by atoms with E-state index in [1.807, 2.05) is 12.1 Å². The van der Waals surface area contributed by atoms with Crippen molar-refractivity contribution in [2.24, 2.45) is 0 Å². The van der Waals surface area contributed by atoms with Gasteiger partial charge >= 0.3 is 0 Å². The molecule has 26 heavy (non-hydrogen) atoms. The Morgan fingerprint density at radius 3 is 1.23 bits per heavy atom. The summed E-state index contributed by atoms with van der Waals surface area (Å²) in [5.74, 6) is 0. The number of nitrogens with zero attached hydrogens (tertiary/aromatic N) is 10. The minimum atomic E-state index is -0.181. The second-order valence-corrected chi connectivity index (χ2v) is 4.64. The molecular weight excluding hydrogens is 332 g/mol. The van der Waals surface area contributed by atoms with Gasteiger partial charge in [-0.25, -0.2) is 29.9 Å². The van der Waals surface area contributed by atoms with Crippen molar-refractivity contribution in [2.75, 3.05) is 0 Å². The van der Waals surface area contributed by atoms with Crippen molar-refractivity contribution in [3.63, 3.8) is 0 Å². The Kier molecular flexibility index (Phi) is 4.18. The highest BCUT2D eigenvalue weighted by Crippen LogP contribution is 2.26. The molecule has 0 bridgehead atoms. The summed E-state index contributed by atoms with van der Waals surface area (Å²) in [6.07, 6.45) is 5.09. The van der Waals surface area contributed by atoms with E-state index < -0.39 is 0 Å². The largest absolute Gasteiger partial charge is 0.250 e. The minimum absolute atomic E-state index is 0.107. The predicted molar refractivity (Wildman–Crippen MR) is 82.9 cm³/mol. The fourth-order valence-electron chi connectivity index (χ4n) is 1.96. The lowest BCUT2D eigenvalue weighted by atomic mass is 10.1. The van der Waals surface area contributed by atoms with Gasteiger partial charge in [-0.15, -0.1) is 0 Å². The van der Waals surface area contributed by atoms with Crippen molar-refractivity contribution in [3.8, 4) is 47.1 Å². The summed E-state index contributed by atoms with van der Waals surface area (Å²) >= 11 is 0. The molecule has 118 valence electrons. The Hall–Kier alpha value is -4.80. The Labute approximate surface area is 146 Å². The van der Waals surface area contributed by atoms with E-state index in [2.05, 4.69) is 29.9 Å². The average molecular weight is 336 g/mol. The third-order valence-corrected chi connectivity index (χ3v) is 3.13. The summed E-state index contributed by atoms with van der Waals surface area (Å²) in [6, 6.07) is 7.30. The van der Waals surface area contributed by atoms with Gasteiger partial charge in [-0.2, -0.15) is 21.0 Å². The van der Waals surface area contributed by atoms with Crippen LogP contribution in [0.25, 0.3) is 22.8 Å². The highest BCUT2D eigenvalue weighted by Gasteiger charge is 2.19. The van der Waals surface area contributed by atoms with E-state index >= 15 is 0 Å². The molecule has 3 aromatic rings. The zero-order valence-corrected chi connectivity index (χ0v) is 12.8. The second-order valence-electron chi connectivity index (χ2n) is 4.64. The van der Waals surface area contributed by atoms with E-state index in [-0.39, 0.29) is 45.6 Å². The molecule has 3 heterocycles.